The van der Waals surface area contributed by atoms with Crippen LogP contribution in [0.25, 0.3) is 11.0 Å². The van der Waals surface area contributed by atoms with Gasteiger partial charge in [0.25, 0.3) is 0 Å². The number of fused-ring (bicyclic) bond motifs is 1. The summed E-state index contributed by atoms with van der Waals surface area (Å²) < 4.78 is 5.74. The third-order valence-electron chi connectivity index (χ3n) is 2.80. The second-order valence-electron chi connectivity index (χ2n) is 4.58. The molecule has 0 bridgehead atoms. The van der Waals surface area contributed by atoms with Crippen LogP contribution in [-0.2, 0) is 0 Å². The fourth-order valence-corrected chi connectivity index (χ4v) is 2.06. The van der Waals surface area contributed by atoms with E-state index in [1.807, 2.05) is 25.1 Å². The molecule has 2 nitrogen and oxygen atoms in total. The van der Waals surface area contributed by atoms with Crippen LogP contribution in [0.4, 0.5) is 0 Å². The van der Waals surface area contributed by atoms with E-state index in [1.165, 1.54) is 0 Å². The van der Waals surface area contributed by atoms with Gasteiger partial charge in [0.05, 0.1) is 11.1 Å². The molecule has 2 rings (SSSR count). The maximum Gasteiger partial charge on any atom is 0.136 e. The van der Waals surface area contributed by atoms with Crippen LogP contribution in [0.5, 0.6) is 0 Å². The SMILES string of the molecule is Cc1cc(Cl)c2cc([C@H](N)C(C)C)oc2c1. The van der Waals surface area contributed by atoms with Crippen molar-refractivity contribution in [3.8, 4) is 0 Å². The molecule has 1 aromatic carbocycles. The van der Waals surface area contributed by atoms with Gasteiger partial charge in [-0.25, -0.2) is 0 Å². The minimum atomic E-state index is -0.0798. The zero-order valence-corrected chi connectivity index (χ0v) is 10.5. The van der Waals surface area contributed by atoms with E-state index in [0.29, 0.717) is 5.92 Å². The van der Waals surface area contributed by atoms with E-state index in [9.17, 15) is 0 Å². The molecule has 0 unspecified atom stereocenters. The molecule has 2 N–H and O–H groups in total. The van der Waals surface area contributed by atoms with Gasteiger partial charge in [0.15, 0.2) is 0 Å². The number of hydrogen-bond acceptors (Lipinski definition) is 2. The molecule has 0 saturated carbocycles. The van der Waals surface area contributed by atoms with Crippen LogP contribution in [0.15, 0.2) is 22.6 Å². The van der Waals surface area contributed by atoms with Gasteiger partial charge in [-0.2, -0.15) is 0 Å². The number of furan rings is 1. The molecule has 0 aliphatic carbocycles. The summed E-state index contributed by atoms with van der Waals surface area (Å²) in [7, 11) is 0. The summed E-state index contributed by atoms with van der Waals surface area (Å²) in [4.78, 5) is 0. The Labute approximate surface area is 100 Å². The topological polar surface area (TPSA) is 39.2 Å². The normalized spacial score (nSPS) is 13.6. The fourth-order valence-electron chi connectivity index (χ4n) is 1.74. The van der Waals surface area contributed by atoms with Gasteiger partial charge in [-0.1, -0.05) is 25.4 Å². The Hall–Kier alpha value is -0.990. The van der Waals surface area contributed by atoms with Crippen LogP contribution in [-0.4, -0.2) is 0 Å². The Morgan fingerprint density at radius 1 is 1.25 bits per heavy atom. The van der Waals surface area contributed by atoms with Gasteiger partial charge < -0.3 is 10.2 Å². The maximum absolute atomic E-state index is 6.16. The molecule has 86 valence electrons. The van der Waals surface area contributed by atoms with Gasteiger partial charge in [-0.05, 0) is 36.6 Å². The summed E-state index contributed by atoms with van der Waals surface area (Å²) in [6.07, 6.45) is 0. The molecule has 2 aromatic rings. The van der Waals surface area contributed by atoms with Crippen molar-refractivity contribution in [2.45, 2.75) is 26.8 Å². The van der Waals surface area contributed by atoms with E-state index >= 15 is 0 Å². The van der Waals surface area contributed by atoms with Crippen molar-refractivity contribution in [3.05, 3.63) is 34.5 Å². The minimum Gasteiger partial charge on any atom is -0.459 e. The van der Waals surface area contributed by atoms with Crippen LogP contribution < -0.4 is 5.73 Å². The van der Waals surface area contributed by atoms with E-state index < -0.39 is 0 Å². The third-order valence-corrected chi connectivity index (χ3v) is 3.11. The Morgan fingerprint density at radius 3 is 2.56 bits per heavy atom. The maximum atomic E-state index is 6.16. The van der Waals surface area contributed by atoms with Crippen molar-refractivity contribution in [2.24, 2.45) is 11.7 Å². The van der Waals surface area contributed by atoms with Crippen LogP contribution in [0.3, 0.4) is 0 Å². The summed E-state index contributed by atoms with van der Waals surface area (Å²) in [6.45, 7) is 6.14. The van der Waals surface area contributed by atoms with E-state index in [0.717, 1.165) is 27.3 Å². The van der Waals surface area contributed by atoms with Crippen molar-refractivity contribution in [1.29, 1.82) is 0 Å². The number of rotatable bonds is 2. The van der Waals surface area contributed by atoms with Gasteiger partial charge >= 0.3 is 0 Å². The molecule has 3 heteroatoms. The van der Waals surface area contributed by atoms with Gasteiger partial charge in [-0.3, -0.25) is 0 Å². The highest BCUT2D eigenvalue weighted by molar-refractivity contribution is 6.35. The van der Waals surface area contributed by atoms with Crippen LogP contribution in [0.1, 0.15) is 31.2 Å². The summed E-state index contributed by atoms with van der Waals surface area (Å²) in [5.41, 5.74) is 7.96. The average molecular weight is 238 g/mol. The molecule has 0 saturated heterocycles. The summed E-state index contributed by atoms with van der Waals surface area (Å²) >= 11 is 6.16. The molecule has 0 amide bonds. The number of benzene rings is 1. The van der Waals surface area contributed by atoms with Crippen LogP contribution in [0.2, 0.25) is 5.02 Å². The first kappa shape index (κ1) is 11.5. The number of hydrogen-bond donors (Lipinski definition) is 1. The Morgan fingerprint density at radius 2 is 1.94 bits per heavy atom. The molecule has 0 aliphatic rings. The molecule has 0 aliphatic heterocycles. The van der Waals surface area contributed by atoms with Gasteiger partial charge in [0.1, 0.15) is 11.3 Å². The molecule has 0 fully saturated rings. The smallest absolute Gasteiger partial charge is 0.136 e. The molecule has 0 radical (unpaired) electrons. The van der Waals surface area contributed by atoms with Gasteiger partial charge in [0.2, 0.25) is 0 Å². The lowest BCUT2D eigenvalue weighted by Crippen LogP contribution is -2.15. The first-order valence-corrected chi connectivity index (χ1v) is 5.82. The average Bonchev–Trinajstić information content (AvgIpc) is 2.60. The largest absolute Gasteiger partial charge is 0.459 e. The third kappa shape index (κ3) is 1.95. The Bertz CT molecular complexity index is 516. The van der Waals surface area contributed by atoms with E-state index in [-0.39, 0.29) is 6.04 Å². The Balaban J connectivity index is 2.56. The predicted molar refractivity (Wildman–Crippen MR) is 67.7 cm³/mol. The monoisotopic (exact) mass is 237 g/mol. The van der Waals surface area contributed by atoms with Gasteiger partial charge in [0, 0.05) is 5.39 Å². The molecule has 1 heterocycles. The number of nitrogens with two attached hydrogens (primary N) is 1. The second kappa shape index (κ2) is 4.11. The van der Waals surface area contributed by atoms with E-state index in [2.05, 4.69) is 13.8 Å². The molecule has 0 spiro atoms. The lowest BCUT2D eigenvalue weighted by Gasteiger charge is -2.11. The van der Waals surface area contributed by atoms with Gasteiger partial charge in [-0.15, -0.1) is 0 Å². The fraction of sp³-hybridized carbons (Fsp3) is 0.385. The second-order valence-corrected chi connectivity index (χ2v) is 4.98. The summed E-state index contributed by atoms with van der Waals surface area (Å²) in [5.74, 6) is 1.15. The van der Waals surface area contributed by atoms with Crippen molar-refractivity contribution < 1.29 is 4.42 Å². The molecule has 16 heavy (non-hydrogen) atoms. The highest BCUT2D eigenvalue weighted by Crippen LogP contribution is 2.31. The summed E-state index contributed by atoms with van der Waals surface area (Å²) in [5, 5.41) is 1.67. The lowest BCUT2D eigenvalue weighted by atomic mass is 10.0. The lowest BCUT2D eigenvalue weighted by molar-refractivity contribution is 0.418. The first-order chi connectivity index (χ1) is 7.49. The molecule has 1 aromatic heterocycles. The van der Waals surface area contributed by atoms with Crippen molar-refractivity contribution in [2.75, 3.05) is 0 Å². The molecule has 1 atom stereocenters. The zero-order chi connectivity index (χ0) is 11.9. The highest BCUT2D eigenvalue weighted by atomic mass is 35.5. The van der Waals surface area contributed by atoms with Crippen molar-refractivity contribution in [1.82, 2.24) is 0 Å². The zero-order valence-electron chi connectivity index (χ0n) is 9.75. The van der Waals surface area contributed by atoms with E-state index in [4.69, 9.17) is 21.8 Å². The van der Waals surface area contributed by atoms with Crippen LogP contribution in [0, 0.1) is 12.8 Å². The highest BCUT2D eigenvalue weighted by Gasteiger charge is 2.16. The Kier molecular flexibility index (Phi) is 2.96. The quantitative estimate of drug-likeness (QED) is 0.856. The number of halogens is 1. The first-order valence-electron chi connectivity index (χ1n) is 5.44. The number of aryl methyl sites for hydroxylation is 1. The van der Waals surface area contributed by atoms with E-state index in [1.54, 1.807) is 0 Å². The van der Waals surface area contributed by atoms with Crippen molar-refractivity contribution in [3.63, 3.8) is 0 Å². The molecular formula is C13H16ClNO. The summed E-state index contributed by atoms with van der Waals surface area (Å²) in [6, 6.07) is 5.78. The molecular weight excluding hydrogens is 222 g/mol. The van der Waals surface area contributed by atoms with Crippen LogP contribution >= 0.6 is 11.6 Å². The van der Waals surface area contributed by atoms with Crippen molar-refractivity contribution >= 4 is 22.6 Å². The minimum absolute atomic E-state index is 0.0798. The standard InChI is InChI=1S/C13H16ClNO/c1-7(2)13(15)12-6-9-10(14)4-8(3)5-11(9)16-12/h4-7,13H,15H2,1-3H3/t13-/m1/s1. The predicted octanol–water partition coefficient (Wildman–Crippen LogP) is 4.05.